The van der Waals surface area contributed by atoms with Crippen molar-refractivity contribution in [1.82, 2.24) is 0 Å². The number of methoxy groups -OCH3 is 1. The number of hydrogen-bond donors (Lipinski definition) is 0. The predicted octanol–water partition coefficient (Wildman–Crippen LogP) is 2.09. The van der Waals surface area contributed by atoms with Crippen LogP contribution in [0.25, 0.3) is 0 Å². The van der Waals surface area contributed by atoms with E-state index < -0.39 is 5.97 Å². The molecule has 0 aliphatic heterocycles. The maximum atomic E-state index is 11.4. The zero-order valence-electron chi connectivity index (χ0n) is 8.95. The molecule has 0 saturated heterocycles. The summed E-state index contributed by atoms with van der Waals surface area (Å²) in [6.07, 6.45) is 0. The third-order valence-electron chi connectivity index (χ3n) is 1.78. The second kappa shape index (κ2) is 5.51. The molecule has 0 unspecified atom stereocenters. The summed E-state index contributed by atoms with van der Waals surface area (Å²) >= 11 is 5.76. The summed E-state index contributed by atoms with van der Waals surface area (Å²) in [5.41, 5.74) is 0.244. The van der Waals surface area contributed by atoms with E-state index in [-0.39, 0.29) is 23.7 Å². The van der Waals surface area contributed by atoms with Crippen LogP contribution in [-0.2, 0) is 9.53 Å². The molecule has 5 heteroatoms. The molecule has 86 valence electrons. The highest BCUT2D eigenvalue weighted by atomic mass is 35.5. The maximum absolute atomic E-state index is 11.4. The van der Waals surface area contributed by atoms with Crippen LogP contribution in [-0.4, -0.2) is 25.5 Å². The van der Waals surface area contributed by atoms with E-state index in [4.69, 9.17) is 16.3 Å². The first-order valence-electron chi connectivity index (χ1n) is 4.54. The zero-order valence-corrected chi connectivity index (χ0v) is 9.71. The molecule has 1 aromatic carbocycles. The summed E-state index contributed by atoms with van der Waals surface area (Å²) in [6, 6.07) is 4.51. The topological polar surface area (TPSA) is 52.6 Å². The molecule has 0 N–H and O–H groups in total. The van der Waals surface area contributed by atoms with Crippen LogP contribution in [0.3, 0.4) is 0 Å². The Labute approximate surface area is 98.1 Å². The van der Waals surface area contributed by atoms with Crippen molar-refractivity contribution in [1.29, 1.82) is 0 Å². The first-order valence-corrected chi connectivity index (χ1v) is 4.92. The first kappa shape index (κ1) is 12.5. The number of halogens is 1. The van der Waals surface area contributed by atoms with Gasteiger partial charge in [-0.1, -0.05) is 11.6 Å². The molecule has 0 atom stereocenters. The highest BCUT2D eigenvalue weighted by Crippen LogP contribution is 2.24. The van der Waals surface area contributed by atoms with Crippen molar-refractivity contribution < 1.29 is 19.1 Å². The van der Waals surface area contributed by atoms with Gasteiger partial charge in [-0.3, -0.25) is 4.79 Å². The lowest BCUT2D eigenvalue weighted by atomic mass is 10.2. The number of ketones is 1. The smallest absolute Gasteiger partial charge is 0.341 e. The van der Waals surface area contributed by atoms with Gasteiger partial charge in [0.25, 0.3) is 0 Å². The number of Topliss-reactive ketones (excluding diaryl/α,β-unsaturated/α-hetero) is 1. The number of hydrogen-bond acceptors (Lipinski definition) is 4. The Morgan fingerprint density at radius 2 is 2.06 bits per heavy atom. The summed E-state index contributed by atoms with van der Waals surface area (Å²) in [4.78, 5) is 22.1. The second-order valence-electron chi connectivity index (χ2n) is 3.12. The molecule has 0 radical (unpaired) electrons. The standard InChI is InChI=1S/C11H11ClO4/c1-7(13)6-16-10-5-8(12)3-4-9(10)11(14)15-2/h3-5H,6H2,1-2H3. The number of rotatable bonds is 4. The number of ether oxygens (including phenoxy) is 2. The van der Waals surface area contributed by atoms with Crippen molar-refractivity contribution in [3.8, 4) is 5.75 Å². The Morgan fingerprint density at radius 1 is 1.38 bits per heavy atom. The fraction of sp³-hybridized carbons (Fsp3) is 0.273. The van der Waals surface area contributed by atoms with Crippen molar-refractivity contribution in [2.45, 2.75) is 6.92 Å². The van der Waals surface area contributed by atoms with Crippen LogP contribution in [0, 0.1) is 0 Å². The summed E-state index contributed by atoms with van der Waals surface area (Å²) in [6.45, 7) is 1.28. The lowest BCUT2D eigenvalue weighted by Crippen LogP contribution is -2.10. The monoisotopic (exact) mass is 242 g/mol. The van der Waals surface area contributed by atoms with Gasteiger partial charge in [-0.15, -0.1) is 0 Å². The normalized spacial score (nSPS) is 9.69. The van der Waals surface area contributed by atoms with Gasteiger partial charge in [0.2, 0.25) is 0 Å². The Balaban J connectivity index is 2.98. The molecule has 0 bridgehead atoms. The Kier molecular flexibility index (Phi) is 4.31. The molecule has 0 amide bonds. The summed E-state index contributed by atoms with van der Waals surface area (Å²) in [5.74, 6) is -0.430. The largest absolute Gasteiger partial charge is 0.485 e. The number of esters is 1. The lowest BCUT2D eigenvalue weighted by molar-refractivity contribution is -0.118. The average molecular weight is 243 g/mol. The van der Waals surface area contributed by atoms with Gasteiger partial charge in [-0.25, -0.2) is 4.79 Å². The van der Waals surface area contributed by atoms with E-state index >= 15 is 0 Å². The van der Waals surface area contributed by atoms with Gasteiger partial charge in [-0.2, -0.15) is 0 Å². The molecule has 0 aliphatic carbocycles. The molecule has 4 nitrogen and oxygen atoms in total. The fourth-order valence-electron chi connectivity index (χ4n) is 1.07. The predicted molar refractivity (Wildman–Crippen MR) is 59.0 cm³/mol. The molecule has 0 aromatic heterocycles. The van der Waals surface area contributed by atoms with Crippen LogP contribution in [0.1, 0.15) is 17.3 Å². The van der Waals surface area contributed by atoms with Gasteiger partial charge >= 0.3 is 5.97 Å². The van der Waals surface area contributed by atoms with E-state index in [2.05, 4.69) is 4.74 Å². The van der Waals surface area contributed by atoms with E-state index in [9.17, 15) is 9.59 Å². The van der Waals surface area contributed by atoms with Gasteiger partial charge in [0.15, 0.2) is 5.78 Å². The third-order valence-corrected chi connectivity index (χ3v) is 2.01. The van der Waals surface area contributed by atoms with Crippen molar-refractivity contribution in [2.75, 3.05) is 13.7 Å². The van der Waals surface area contributed by atoms with E-state index in [1.165, 1.54) is 26.2 Å². The lowest BCUT2D eigenvalue weighted by Gasteiger charge is -2.09. The molecule has 1 aromatic rings. The summed E-state index contributed by atoms with van der Waals surface area (Å²) in [5, 5.41) is 0.422. The van der Waals surface area contributed by atoms with Gasteiger partial charge in [0.05, 0.1) is 7.11 Å². The number of carbonyl (C=O) groups is 2. The maximum Gasteiger partial charge on any atom is 0.341 e. The average Bonchev–Trinajstić information content (AvgIpc) is 2.25. The minimum absolute atomic E-state index is 0.107. The van der Waals surface area contributed by atoms with Crippen molar-refractivity contribution in [3.05, 3.63) is 28.8 Å². The molecule has 16 heavy (non-hydrogen) atoms. The van der Waals surface area contributed by atoms with Gasteiger partial charge in [0.1, 0.15) is 17.9 Å². The Hall–Kier alpha value is -1.55. The van der Waals surface area contributed by atoms with Crippen molar-refractivity contribution >= 4 is 23.4 Å². The van der Waals surface area contributed by atoms with Gasteiger partial charge in [-0.05, 0) is 25.1 Å². The highest BCUT2D eigenvalue weighted by molar-refractivity contribution is 6.30. The third kappa shape index (κ3) is 3.24. The minimum atomic E-state index is -0.532. The van der Waals surface area contributed by atoms with Gasteiger partial charge in [0, 0.05) is 5.02 Å². The Morgan fingerprint density at radius 3 is 2.62 bits per heavy atom. The van der Waals surface area contributed by atoms with Crippen LogP contribution in [0.15, 0.2) is 18.2 Å². The molecule has 0 spiro atoms. The quantitative estimate of drug-likeness (QED) is 0.759. The molecule has 0 heterocycles. The minimum Gasteiger partial charge on any atom is -0.485 e. The van der Waals surface area contributed by atoms with Crippen LogP contribution in [0.2, 0.25) is 5.02 Å². The number of carbonyl (C=O) groups excluding carboxylic acids is 2. The molecule has 0 saturated carbocycles. The SMILES string of the molecule is COC(=O)c1ccc(Cl)cc1OCC(C)=O. The molecule has 0 aliphatic rings. The van der Waals surface area contributed by atoms with Crippen molar-refractivity contribution in [2.24, 2.45) is 0 Å². The van der Waals surface area contributed by atoms with Gasteiger partial charge < -0.3 is 9.47 Å². The van der Waals surface area contributed by atoms with Crippen LogP contribution < -0.4 is 4.74 Å². The Bertz CT molecular complexity index is 414. The molecule has 0 fully saturated rings. The van der Waals surface area contributed by atoms with E-state index in [1.807, 2.05) is 0 Å². The molecular weight excluding hydrogens is 232 g/mol. The first-order chi connectivity index (χ1) is 7.54. The van der Waals surface area contributed by atoms with Crippen molar-refractivity contribution in [3.63, 3.8) is 0 Å². The number of benzene rings is 1. The van der Waals surface area contributed by atoms with Crippen LogP contribution >= 0.6 is 11.6 Å². The summed E-state index contributed by atoms with van der Waals surface area (Å²) in [7, 11) is 1.27. The highest BCUT2D eigenvalue weighted by Gasteiger charge is 2.13. The zero-order chi connectivity index (χ0) is 12.1. The van der Waals surface area contributed by atoms with E-state index in [0.29, 0.717) is 5.02 Å². The van der Waals surface area contributed by atoms with Crippen LogP contribution in [0.4, 0.5) is 0 Å². The van der Waals surface area contributed by atoms with E-state index in [0.717, 1.165) is 0 Å². The second-order valence-corrected chi connectivity index (χ2v) is 3.56. The van der Waals surface area contributed by atoms with E-state index in [1.54, 1.807) is 6.07 Å². The summed E-state index contributed by atoms with van der Waals surface area (Å²) < 4.78 is 9.74. The fourth-order valence-corrected chi connectivity index (χ4v) is 1.24. The van der Waals surface area contributed by atoms with Crippen LogP contribution in [0.5, 0.6) is 5.75 Å². The molecule has 1 rings (SSSR count). The molecular formula is C11H11ClO4.